The summed E-state index contributed by atoms with van der Waals surface area (Å²) in [5, 5.41) is 9.45. The molecule has 3 aliphatic rings. The van der Waals surface area contributed by atoms with E-state index >= 15 is 0 Å². The highest BCUT2D eigenvalue weighted by Crippen LogP contribution is 2.45. The first-order valence-electron chi connectivity index (χ1n) is 7.79. The number of hydrogen-bond donors (Lipinski definition) is 2. The molecule has 0 aromatic heterocycles. The zero-order valence-corrected chi connectivity index (χ0v) is 11.7. The lowest BCUT2D eigenvalue weighted by molar-refractivity contribution is -0.145. The van der Waals surface area contributed by atoms with Crippen LogP contribution in [0.3, 0.4) is 0 Å². The number of nitrogens with zero attached hydrogens (tertiary/aromatic N) is 1. The first-order valence-corrected chi connectivity index (χ1v) is 7.79. The highest BCUT2D eigenvalue weighted by molar-refractivity contribution is 5.79. The van der Waals surface area contributed by atoms with Gasteiger partial charge in [-0.15, -0.1) is 0 Å². The molecule has 1 heterocycles. The van der Waals surface area contributed by atoms with Gasteiger partial charge in [0.25, 0.3) is 0 Å². The third-order valence-corrected chi connectivity index (χ3v) is 5.62. The second-order valence-electron chi connectivity index (χ2n) is 7.14. The third kappa shape index (κ3) is 2.52. The summed E-state index contributed by atoms with van der Waals surface area (Å²) in [6.07, 6.45) is 9.96. The molecule has 108 valence electrons. The van der Waals surface area contributed by atoms with Gasteiger partial charge in [-0.3, -0.25) is 4.79 Å². The maximum Gasteiger partial charge on any atom is 0.325 e. The Labute approximate surface area is 115 Å². The van der Waals surface area contributed by atoms with E-state index in [9.17, 15) is 9.90 Å². The summed E-state index contributed by atoms with van der Waals surface area (Å²) in [5.74, 6) is -0.604. The number of hydrogen-bond acceptors (Lipinski definition) is 3. The van der Waals surface area contributed by atoms with Crippen molar-refractivity contribution in [2.45, 2.75) is 56.9 Å². The Bertz CT molecular complexity index is 361. The van der Waals surface area contributed by atoms with Crippen molar-refractivity contribution in [1.82, 2.24) is 4.90 Å². The molecule has 0 radical (unpaired) electrons. The number of carboxylic acid groups (broad SMARTS) is 1. The average Bonchev–Trinajstić information content (AvgIpc) is 3.17. The van der Waals surface area contributed by atoms with Crippen LogP contribution in [0.2, 0.25) is 0 Å². The smallest absolute Gasteiger partial charge is 0.325 e. The molecule has 0 aromatic rings. The van der Waals surface area contributed by atoms with Gasteiger partial charge in [0.1, 0.15) is 5.54 Å². The van der Waals surface area contributed by atoms with Crippen LogP contribution in [-0.2, 0) is 4.79 Å². The van der Waals surface area contributed by atoms with Crippen LogP contribution >= 0.6 is 0 Å². The van der Waals surface area contributed by atoms with Crippen molar-refractivity contribution in [1.29, 1.82) is 0 Å². The van der Waals surface area contributed by atoms with E-state index in [2.05, 4.69) is 4.90 Å². The predicted octanol–water partition coefficient (Wildman–Crippen LogP) is 1.83. The molecule has 0 aromatic carbocycles. The van der Waals surface area contributed by atoms with E-state index in [0.29, 0.717) is 12.0 Å². The molecule has 4 heteroatoms. The van der Waals surface area contributed by atoms with Gasteiger partial charge in [0, 0.05) is 13.1 Å². The van der Waals surface area contributed by atoms with Gasteiger partial charge in [-0.25, -0.2) is 0 Å². The first-order chi connectivity index (χ1) is 9.04. The van der Waals surface area contributed by atoms with Crippen molar-refractivity contribution < 1.29 is 9.90 Å². The van der Waals surface area contributed by atoms with Crippen LogP contribution in [0.5, 0.6) is 0 Å². The van der Waals surface area contributed by atoms with Gasteiger partial charge in [-0.1, -0.05) is 19.3 Å². The zero-order chi connectivity index (χ0) is 13.5. The SMILES string of the molecule is NC(CN1CCC2(CCCCC2)C1)(C(=O)O)C1CC1. The second-order valence-corrected chi connectivity index (χ2v) is 7.14. The van der Waals surface area contributed by atoms with Crippen molar-refractivity contribution in [2.24, 2.45) is 17.1 Å². The number of rotatable bonds is 4. The van der Waals surface area contributed by atoms with Crippen LogP contribution in [0.1, 0.15) is 51.4 Å². The van der Waals surface area contributed by atoms with E-state index in [-0.39, 0.29) is 5.92 Å². The minimum atomic E-state index is -1.000. The van der Waals surface area contributed by atoms with E-state index < -0.39 is 11.5 Å². The molecule has 19 heavy (non-hydrogen) atoms. The lowest BCUT2D eigenvalue weighted by atomic mass is 9.73. The maximum atomic E-state index is 11.5. The molecule has 3 N–H and O–H groups in total. The predicted molar refractivity (Wildman–Crippen MR) is 73.9 cm³/mol. The summed E-state index contributed by atoms with van der Waals surface area (Å²) in [4.78, 5) is 13.8. The molecule has 3 fully saturated rings. The molecular formula is C15H26N2O2. The van der Waals surface area contributed by atoms with Crippen LogP contribution in [0, 0.1) is 11.3 Å². The van der Waals surface area contributed by atoms with Gasteiger partial charge >= 0.3 is 5.97 Å². The molecule has 1 atom stereocenters. The Morgan fingerprint density at radius 3 is 2.53 bits per heavy atom. The van der Waals surface area contributed by atoms with Crippen LogP contribution in [0.4, 0.5) is 0 Å². The van der Waals surface area contributed by atoms with Crippen molar-refractivity contribution >= 4 is 5.97 Å². The summed E-state index contributed by atoms with van der Waals surface area (Å²) in [5.41, 5.74) is 5.69. The van der Waals surface area contributed by atoms with Crippen molar-refractivity contribution in [3.05, 3.63) is 0 Å². The first kappa shape index (κ1) is 13.4. The molecular weight excluding hydrogens is 240 g/mol. The maximum absolute atomic E-state index is 11.5. The molecule has 4 nitrogen and oxygen atoms in total. The van der Waals surface area contributed by atoms with Crippen LogP contribution in [-0.4, -0.2) is 41.1 Å². The van der Waals surface area contributed by atoms with Crippen LogP contribution < -0.4 is 5.73 Å². The zero-order valence-electron chi connectivity index (χ0n) is 11.7. The normalized spacial score (nSPS) is 30.4. The number of nitrogens with two attached hydrogens (primary N) is 1. The van der Waals surface area contributed by atoms with Crippen LogP contribution in [0.15, 0.2) is 0 Å². The topological polar surface area (TPSA) is 66.6 Å². The fourth-order valence-electron chi connectivity index (χ4n) is 4.21. The highest BCUT2D eigenvalue weighted by Gasteiger charge is 2.51. The number of carbonyl (C=O) groups is 1. The summed E-state index contributed by atoms with van der Waals surface area (Å²) in [6.45, 7) is 2.67. The van der Waals surface area contributed by atoms with E-state index in [1.54, 1.807) is 0 Å². The van der Waals surface area contributed by atoms with Gasteiger partial charge in [0.05, 0.1) is 0 Å². The largest absolute Gasteiger partial charge is 0.480 e. The molecule has 0 amide bonds. The van der Waals surface area contributed by atoms with Crippen molar-refractivity contribution in [2.75, 3.05) is 19.6 Å². The third-order valence-electron chi connectivity index (χ3n) is 5.62. The Hall–Kier alpha value is -0.610. The number of carboxylic acids is 1. The van der Waals surface area contributed by atoms with Gasteiger partial charge in [-0.2, -0.15) is 0 Å². The monoisotopic (exact) mass is 266 g/mol. The summed E-state index contributed by atoms with van der Waals surface area (Å²) >= 11 is 0. The second kappa shape index (κ2) is 4.74. The van der Waals surface area contributed by atoms with E-state index in [1.807, 2.05) is 0 Å². The molecule has 2 aliphatic carbocycles. The van der Waals surface area contributed by atoms with Gasteiger partial charge in [0.15, 0.2) is 0 Å². The quantitative estimate of drug-likeness (QED) is 0.814. The van der Waals surface area contributed by atoms with Gasteiger partial charge < -0.3 is 15.7 Å². The summed E-state index contributed by atoms with van der Waals surface area (Å²) in [6, 6.07) is 0. The Kier molecular flexibility index (Phi) is 3.34. The molecule has 0 bridgehead atoms. The van der Waals surface area contributed by atoms with E-state index in [1.165, 1.54) is 38.5 Å². The molecule has 1 unspecified atom stereocenters. The fourth-order valence-corrected chi connectivity index (χ4v) is 4.21. The summed E-state index contributed by atoms with van der Waals surface area (Å²) in [7, 11) is 0. The average molecular weight is 266 g/mol. The lowest BCUT2D eigenvalue weighted by Crippen LogP contribution is -2.57. The van der Waals surface area contributed by atoms with E-state index in [0.717, 1.165) is 25.9 Å². The molecule has 1 saturated heterocycles. The molecule has 3 rings (SSSR count). The molecule has 1 spiro atoms. The van der Waals surface area contributed by atoms with E-state index in [4.69, 9.17) is 5.73 Å². The number of likely N-dealkylation sites (tertiary alicyclic amines) is 1. The van der Waals surface area contributed by atoms with Crippen LogP contribution in [0.25, 0.3) is 0 Å². The Balaban J connectivity index is 1.63. The Morgan fingerprint density at radius 1 is 1.26 bits per heavy atom. The highest BCUT2D eigenvalue weighted by atomic mass is 16.4. The van der Waals surface area contributed by atoms with Crippen molar-refractivity contribution in [3.8, 4) is 0 Å². The minimum Gasteiger partial charge on any atom is -0.480 e. The van der Waals surface area contributed by atoms with Gasteiger partial charge in [-0.05, 0) is 50.0 Å². The van der Waals surface area contributed by atoms with Crippen molar-refractivity contribution in [3.63, 3.8) is 0 Å². The van der Waals surface area contributed by atoms with Gasteiger partial charge in [0.2, 0.25) is 0 Å². The summed E-state index contributed by atoms with van der Waals surface area (Å²) < 4.78 is 0. The number of aliphatic carboxylic acids is 1. The lowest BCUT2D eigenvalue weighted by Gasteiger charge is -2.35. The Morgan fingerprint density at radius 2 is 1.95 bits per heavy atom. The molecule has 1 aliphatic heterocycles. The fraction of sp³-hybridized carbons (Fsp3) is 0.933. The molecule has 2 saturated carbocycles. The minimum absolute atomic E-state index is 0.202. The standard InChI is InChI=1S/C15H26N2O2/c16-15(13(18)19,12-4-5-12)11-17-9-8-14(10-17)6-2-1-3-7-14/h12H,1-11,16H2,(H,18,19).